The zero-order valence-electron chi connectivity index (χ0n) is 17.9. The van der Waals surface area contributed by atoms with Crippen LogP contribution in [0.1, 0.15) is 44.5 Å². The average Bonchev–Trinajstić information content (AvgIpc) is 3.17. The van der Waals surface area contributed by atoms with Crippen molar-refractivity contribution in [3.63, 3.8) is 0 Å². The molecule has 7 heteroatoms. The Kier molecular flexibility index (Phi) is 7.17. The molecule has 0 aliphatic heterocycles. The van der Waals surface area contributed by atoms with Crippen molar-refractivity contribution in [1.29, 1.82) is 0 Å². The number of aromatic nitrogens is 3. The van der Waals surface area contributed by atoms with E-state index < -0.39 is 0 Å². The van der Waals surface area contributed by atoms with Gasteiger partial charge in [0.25, 0.3) is 5.91 Å². The molecule has 0 radical (unpaired) electrons. The fourth-order valence-electron chi connectivity index (χ4n) is 3.05. The number of imidazole rings is 1. The number of amides is 1. The number of carbonyl (C=O) groups is 1. The first-order valence-corrected chi connectivity index (χ1v) is 10.8. The summed E-state index contributed by atoms with van der Waals surface area (Å²) in [4.78, 5) is 25.2. The molecule has 1 aromatic carbocycles. The van der Waals surface area contributed by atoms with E-state index in [0.29, 0.717) is 32.6 Å². The SMILES string of the molecule is C\C=C/C(C)=C(\C=C(/C)CC)NC(=O)c1c(Br)cnc2nc(-c3cccc(F)c3)[nH]c12. The molecule has 5 nitrogen and oxygen atoms in total. The van der Waals surface area contributed by atoms with Gasteiger partial charge in [0.15, 0.2) is 5.65 Å². The summed E-state index contributed by atoms with van der Waals surface area (Å²) in [6.45, 7) is 7.97. The second kappa shape index (κ2) is 9.83. The minimum absolute atomic E-state index is 0.298. The summed E-state index contributed by atoms with van der Waals surface area (Å²) in [5.41, 5.74) is 4.63. The van der Waals surface area contributed by atoms with Crippen LogP contribution < -0.4 is 5.32 Å². The first-order chi connectivity index (χ1) is 14.8. The molecule has 0 bridgehead atoms. The van der Waals surface area contributed by atoms with Crippen LogP contribution in [0.5, 0.6) is 0 Å². The van der Waals surface area contributed by atoms with Crippen molar-refractivity contribution in [2.75, 3.05) is 0 Å². The Morgan fingerprint density at radius 3 is 2.77 bits per heavy atom. The summed E-state index contributed by atoms with van der Waals surface area (Å²) in [6, 6.07) is 6.10. The van der Waals surface area contributed by atoms with E-state index in [1.165, 1.54) is 12.1 Å². The van der Waals surface area contributed by atoms with Gasteiger partial charge in [-0.1, -0.05) is 36.8 Å². The van der Waals surface area contributed by atoms with Crippen molar-refractivity contribution in [2.24, 2.45) is 0 Å². The van der Waals surface area contributed by atoms with Gasteiger partial charge in [0.1, 0.15) is 11.6 Å². The third-order valence-corrected chi connectivity index (χ3v) is 5.44. The molecule has 0 saturated heterocycles. The van der Waals surface area contributed by atoms with Crippen LogP contribution in [-0.4, -0.2) is 20.9 Å². The Balaban J connectivity index is 2.07. The number of benzene rings is 1. The van der Waals surface area contributed by atoms with E-state index >= 15 is 0 Å². The smallest absolute Gasteiger partial charge is 0.259 e. The Hall–Kier alpha value is -3.06. The topological polar surface area (TPSA) is 70.7 Å². The number of allylic oxidation sites excluding steroid dienone is 5. The third kappa shape index (κ3) is 5.17. The molecule has 1 amide bonds. The van der Waals surface area contributed by atoms with Crippen LogP contribution in [0, 0.1) is 5.82 Å². The largest absolute Gasteiger partial charge is 0.336 e. The molecule has 31 heavy (non-hydrogen) atoms. The van der Waals surface area contributed by atoms with Gasteiger partial charge in [-0.2, -0.15) is 0 Å². The first-order valence-electron chi connectivity index (χ1n) is 9.96. The molecule has 0 atom stereocenters. The maximum Gasteiger partial charge on any atom is 0.259 e. The monoisotopic (exact) mass is 482 g/mol. The molecule has 2 heterocycles. The average molecular weight is 483 g/mol. The summed E-state index contributed by atoms with van der Waals surface area (Å²) in [7, 11) is 0. The number of H-pyrrole nitrogens is 1. The normalized spacial score (nSPS) is 13.0. The van der Waals surface area contributed by atoms with Crippen molar-refractivity contribution in [2.45, 2.75) is 34.1 Å². The molecule has 0 unspecified atom stereocenters. The minimum atomic E-state index is -0.364. The molecule has 3 aromatic rings. The minimum Gasteiger partial charge on any atom is -0.336 e. The van der Waals surface area contributed by atoms with Gasteiger partial charge in [0.05, 0.1) is 15.6 Å². The van der Waals surface area contributed by atoms with Crippen LogP contribution in [0.2, 0.25) is 0 Å². The lowest BCUT2D eigenvalue weighted by atomic mass is 10.1. The molecular weight excluding hydrogens is 459 g/mol. The lowest BCUT2D eigenvalue weighted by molar-refractivity contribution is 0.0967. The van der Waals surface area contributed by atoms with Crippen molar-refractivity contribution >= 4 is 33.0 Å². The number of carbonyl (C=O) groups excluding carboxylic acids is 1. The van der Waals surface area contributed by atoms with Gasteiger partial charge in [-0.3, -0.25) is 4.79 Å². The lowest BCUT2D eigenvalue weighted by Crippen LogP contribution is -2.24. The van der Waals surface area contributed by atoms with Crippen LogP contribution in [0.4, 0.5) is 4.39 Å². The molecule has 160 valence electrons. The quantitative estimate of drug-likeness (QED) is 0.395. The maximum absolute atomic E-state index is 13.7. The molecule has 0 saturated carbocycles. The number of nitrogens with zero attached hydrogens (tertiary/aromatic N) is 2. The molecule has 0 fully saturated rings. The number of halogens is 2. The van der Waals surface area contributed by atoms with Gasteiger partial charge in [0.2, 0.25) is 0 Å². The van der Waals surface area contributed by atoms with E-state index in [1.54, 1.807) is 18.3 Å². The zero-order chi connectivity index (χ0) is 22.5. The van der Waals surface area contributed by atoms with Gasteiger partial charge in [-0.25, -0.2) is 14.4 Å². The van der Waals surface area contributed by atoms with E-state index in [0.717, 1.165) is 23.3 Å². The summed E-state index contributed by atoms with van der Waals surface area (Å²) in [5.74, 6) is -0.221. The van der Waals surface area contributed by atoms with Gasteiger partial charge < -0.3 is 10.3 Å². The highest BCUT2D eigenvalue weighted by Gasteiger charge is 2.20. The summed E-state index contributed by atoms with van der Waals surface area (Å²) < 4.78 is 14.2. The number of hydrogen-bond acceptors (Lipinski definition) is 3. The molecule has 0 aliphatic carbocycles. The highest BCUT2D eigenvalue weighted by molar-refractivity contribution is 9.10. The van der Waals surface area contributed by atoms with Crippen molar-refractivity contribution in [3.05, 3.63) is 81.4 Å². The molecular formula is C24H24BrFN4O. The molecule has 0 spiro atoms. The highest BCUT2D eigenvalue weighted by Crippen LogP contribution is 2.27. The number of hydrogen-bond donors (Lipinski definition) is 2. The summed E-state index contributed by atoms with van der Waals surface area (Å²) >= 11 is 3.44. The predicted octanol–water partition coefficient (Wildman–Crippen LogP) is 6.46. The number of nitrogens with one attached hydrogen (secondary N) is 2. The molecule has 0 aliphatic rings. The van der Waals surface area contributed by atoms with Gasteiger partial charge in [-0.15, -0.1) is 0 Å². The fourth-order valence-corrected chi connectivity index (χ4v) is 3.53. The van der Waals surface area contributed by atoms with Crippen LogP contribution in [0.15, 0.2) is 70.0 Å². The maximum atomic E-state index is 13.7. The number of fused-ring (bicyclic) bond motifs is 1. The second-order valence-corrected chi connectivity index (χ2v) is 8.02. The van der Waals surface area contributed by atoms with Crippen LogP contribution >= 0.6 is 15.9 Å². The van der Waals surface area contributed by atoms with Crippen LogP contribution in [0.3, 0.4) is 0 Å². The zero-order valence-corrected chi connectivity index (χ0v) is 19.5. The predicted molar refractivity (Wildman–Crippen MR) is 126 cm³/mol. The molecule has 2 N–H and O–H groups in total. The van der Waals surface area contributed by atoms with Crippen LogP contribution in [-0.2, 0) is 0 Å². The Bertz CT molecular complexity index is 1220. The van der Waals surface area contributed by atoms with E-state index in [1.807, 2.05) is 39.0 Å². The van der Waals surface area contributed by atoms with E-state index in [2.05, 4.69) is 43.1 Å². The van der Waals surface area contributed by atoms with Gasteiger partial charge >= 0.3 is 0 Å². The Morgan fingerprint density at radius 1 is 1.32 bits per heavy atom. The van der Waals surface area contributed by atoms with Gasteiger partial charge in [-0.05, 0) is 66.9 Å². The van der Waals surface area contributed by atoms with Crippen LogP contribution in [0.25, 0.3) is 22.6 Å². The highest BCUT2D eigenvalue weighted by atomic mass is 79.9. The van der Waals surface area contributed by atoms with Crippen molar-refractivity contribution < 1.29 is 9.18 Å². The number of aromatic amines is 1. The van der Waals surface area contributed by atoms with Crippen molar-refractivity contribution in [3.8, 4) is 11.4 Å². The fraction of sp³-hybridized carbons (Fsp3) is 0.208. The number of rotatable bonds is 6. The second-order valence-electron chi connectivity index (χ2n) is 7.17. The standard InChI is InChI=1S/C24H24BrFN4O/c1-5-8-15(4)19(11-14(3)6-2)28-24(31)20-18(25)13-27-23-21(20)29-22(30-23)16-9-7-10-17(26)12-16/h5,7-13H,6H2,1-4H3,(H,28,31)(H,27,29,30)/b8-5-,14-11+,19-15+. The van der Waals surface area contributed by atoms with E-state index in [4.69, 9.17) is 0 Å². The first kappa shape index (κ1) is 22.6. The van der Waals surface area contributed by atoms with Gasteiger partial charge in [0, 0.05) is 17.5 Å². The molecule has 2 aromatic heterocycles. The molecule has 3 rings (SSSR count). The van der Waals surface area contributed by atoms with Crippen molar-refractivity contribution in [1.82, 2.24) is 20.3 Å². The van der Waals surface area contributed by atoms with E-state index in [9.17, 15) is 9.18 Å². The van der Waals surface area contributed by atoms with E-state index in [-0.39, 0.29) is 11.7 Å². The third-order valence-electron chi connectivity index (χ3n) is 4.84. The Labute approximate surface area is 189 Å². The summed E-state index contributed by atoms with van der Waals surface area (Å²) in [6.07, 6.45) is 8.28. The Morgan fingerprint density at radius 2 is 2.10 bits per heavy atom. The lowest BCUT2D eigenvalue weighted by Gasteiger charge is -2.11. The number of pyridine rings is 1. The summed E-state index contributed by atoms with van der Waals surface area (Å²) in [5, 5.41) is 3.02.